The summed E-state index contributed by atoms with van der Waals surface area (Å²) in [4.78, 5) is 4.61. The van der Waals surface area contributed by atoms with Crippen LogP contribution in [0.5, 0.6) is 0 Å². The summed E-state index contributed by atoms with van der Waals surface area (Å²) in [5, 5.41) is 4.96. The average Bonchev–Trinajstić information content (AvgIpc) is 1.66. The second kappa shape index (κ2) is 4.33. The van der Waals surface area contributed by atoms with Crippen molar-refractivity contribution in [3.05, 3.63) is 12.7 Å². The van der Waals surface area contributed by atoms with Gasteiger partial charge in [0.15, 0.2) is 0 Å². The molecule has 8 heavy (non-hydrogen) atoms. The molecule has 0 saturated heterocycles. The molecule has 0 atom stereocenters. The Morgan fingerprint density at radius 2 is 2.25 bits per heavy atom. The lowest BCUT2D eigenvalue weighted by atomic mass is 10.7. The maximum atomic E-state index is 4.61. The van der Waals surface area contributed by atoms with Crippen molar-refractivity contribution in [2.75, 3.05) is 14.1 Å². The van der Waals surface area contributed by atoms with Crippen LogP contribution in [0.3, 0.4) is 0 Å². The van der Waals surface area contributed by atoms with Gasteiger partial charge in [-0.2, -0.15) is 0 Å². The molecule has 0 aliphatic rings. The minimum Gasteiger partial charge on any atom is -0.298 e. The first kappa shape index (κ1) is 7.17. The maximum Gasteiger partial charge on any atom is 0.0682 e. The first-order chi connectivity index (χ1) is 3.77. The number of rotatable bonds is 3. The Bertz CT molecular complexity index is 88.4. The lowest BCUT2D eigenvalue weighted by Crippen LogP contribution is -2.07. The largest absolute Gasteiger partial charge is 0.298 e. The predicted octanol–water partition coefficient (Wildman–Crippen LogP) is 0.651. The van der Waals surface area contributed by atoms with Gasteiger partial charge in [0.25, 0.3) is 0 Å². The normalized spacial score (nSPS) is 10.4. The molecule has 3 nitrogen and oxygen atoms in total. The fraction of sp³-hybridized carbons (Fsp3) is 0.400. The zero-order valence-corrected chi connectivity index (χ0v) is 5.16. The zero-order valence-electron chi connectivity index (χ0n) is 5.16. The molecule has 0 aliphatic carbocycles. The van der Waals surface area contributed by atoms with Gasteiger partial charge in [-0.05, 0) is 6.08 Å². The van der Waals surface area contributed by atoms with Crippen molar-refractivity contribution >= 4 is 6.21 Å². The van der Waals surface area contributed by atoms with Gasteiger partial charge in [0, 0.05) is 14.1 Å². The van der Waals surface area contributed by atoms with Crippen LogP contribution >= 0.6 is 0 Å². The van der Waals surface area contributed by atoms with E-state index < -0.39 is 0 Å². The van der Waals surface area contributed by atoms with Crippen LogP contribution in [0, 0.1) is 0 Å². The summed E-state index contributed by atoms with van der Waals surface area (Å²) in [6, 6.07) is 0. The summed E-state index contributed by atoms with van der Waals surface area (Å²) < 4.78 is 0. The van der Waals surface area contributed by atoms with Gasteiger partial charge in [-0.3, -0.25) is 4.94 Å². The second-order valence-corrected chi connectivity index (χ2v) is 1.38. The first-order valence-electron chi connectivity index (χ1n) is 2.26. The molecule has 3 heteroatoms. The van der Waals surface area contributed by atoms with E-state index in [4.69, 9.17) is 0 Å². The molecular formula is C5H10N2O. The maximum absolute atomic E-state index is 4.61. The molecule has 0 fully saturated rings. The number of allylic oxidation sites excluding steroid dienone is 1. The molecule has 0 N–H and O–H groups in total. The summed E-state index contributed by atoms with van der Waals surface area (Å²) >= 11 is 0. The van der Waals surface area contributed by atoms with Gasteiger partial charge < -0.3 is 0 Å². The van der Waals surface area contributed by atoms with Gasteiger partial charge in [0.1, 0.15) is 0 Å². The summed E-state index contributed by atoms with van der Waals surface area (Å²) in [5.74, 6) is 0. The van der Waals surface area contributed by atoms with Crippen molar-refractivity contribution in [1.82, 2.24) is 5.06 Å². The second-order valence-electron chi connectivity index (χ2n) is 1.38. The van der Waals surface area contributed by atoms with Crippen LogP contribution in [-0.4, -0.2) is 25.4 Å². The van der Waals surface area contributed by atoms with E-state index in [1.165, 1.54) is 11.3 Å². The van der Waals surface area contributed by atoms with Crippen molar-refractivity contribution in [1.29, 1.82) is 0 Å². The number of oxime groups is 1. The van der Waals surface area contributed by atoms with E-state index in [2.05, 4.69) is 16.7 Å². The molecule has 0 aromatic carbocycles. The van der Waals surface area contributed by atoms with Gasteiger partial charge in [-0.15, -0.1) is 5.06 Å². The Balaban J connectivity index is 3.15. The monoisotopic (exact) mass is 114 g/mol. The van der Waals surface area contributed by atoms with Crippen molar-refractivity contribution in [2.24, 2.45) is 5.16 Å². The van der Waals surface area contributed by atoms with Crippen molar-refractivity contribution < 1.29 is 4.94 Å². The third kappa shape index (κ3) is 5.17. The summed E-state index contributed by atoms with van der Waals surface area (Å²) in [7, 11) is 3.50. The van der Waals surface area contributed by atoms with Gasteiger partial charge in [0.2, 0.25) is 0 Å². The van der Waals surface area contributed by atoms with Crippen LogP contribution in [0.2, 0.25) is 0 Å². The molecule has 0 heterocycles. The van der Waals surface area contributed by atoms with E-state index in [0.717, 1.165) is 0 Å². The van der Waals surface area contributed by atoms with E-state index in [9.17, 15) is 0 Å². The van der Waals surface area contributed by atoms with Crippen molar-refractivity contribution in [3.8, 4) is 0 Å². The highest BCUT2D eigenvalue weighted by molar-refractivity contribution is 5.69. The number of hydrogen-bond donors (Lipinski definition) is 0. The van der Waals surface area contributed by atoms with Gasteiger partial charge in [-0.25, -0.2) is 0 Å². The third-order valence-corrected chi connectivity index (χ3v) is 0.377. The molecule has 0 aliphatic heterocycles. The van der Waals surface area contributed by atoms with E-state index >= 15 is 0 Å². The van der Waals surface area contributed by atoms with Gasteiger partial charge in [-0.1, -0.05) is 11.7 Å². The molecule has 0 radical (unpaired) electrons. The highest BCUT2D eigenvalue weighted by atomic mass is 16.8. The molecule has 0 aromatic heterocycles. The van der Waals surface area contributed by atoms with E-state index in [1.54, 1.807) is 20.2 Å². The Kier molecular flexibility index (Phi) is 3.88. The molecule has 46 valence electrons. The highest BCUT2D eigenvalue weighted by Gasteiger charge is 1.77. The molecule has 0 amide bonds. The van der Waals surface area contributed by atoms with Crippen LogP contribution in [0.25, 0.3) is 0 Å². The standard InChI is InChI=1S/C5H10N2O/c1-4-5-6-8-7(2)3/h4-5H,1H2,2-3H3/b6-5+. The Labute approximate surface area is 49.2 Å². The number of hydrogen-bond acceptors (Lipinski definition) is 3. The van der Waals surface area contributed by atoms with E-state index in [1.807, 2.05) is 0 Å². The minimum atomic E-state index is 1.47. The van der Waals surface area contributed by atoms with E-state index in [0.29, 0.717) is 0 Å². The summed E-state index contributed by atoms with van der Waals surface area (Å²) in [6.07, 6.45) is 3.02. The minimum absolute atomic E-state index is 1.47. The quantitative estimate of drug-likeness (QED) is 0.397. The first-order valence-corrected chi connectivity index (χ1v) is 2.26. The number of hydroxylamine groups is 2. The summed E-state index contributed by atoms with van der Waals surface area (Å²) in [6.45, 7) is 3.41. The highest BCUT2D eigenvalue weighted by Crippen LogP contribution is 1.75. The Morgan fingerprint density at radius 1 is 1.62 bits per heavy atom. The van der Waals surface area contributed by atoms with Crippen LogP contribution in [0.4, 0.5) is 0 Å². The topological polar surface area (TPSA) is 24.8 Å². The molecule has 0 rings (SSSR count). The molecule has 0 unspecified atom stereocenters. The number of nitrogens with zero attached hydrogens (tertiary/aromatic N) is 2. The van der Waals surface area contributed by atoms with Crippen LogP contribution < -0.4 is 0 Å². The Morgan fingerprint density at radius 3 is 2.62 bits per heavy atom. The molecular weight excluding hydrogens is 104 g/mol. The Hall–Kier alpha value is -0.830. The smallest absolute Gasteiger partial charge is 0.0682 e. The third-order valence-electron chi connectivity index (χ3n) is 0.377. The molecule has 0 bridgehead atoms. The molecule has 0 aromatic rings. The van der Waals surface area contributed by atoms with Crippen molar-refractivity contribution in [3.63, 3.8) is 0 Å². The fourth-order valence-electron chi connectivity index (χ4n) is 0.165. The van der Waals surface area contributed by atoms with Crippen molar-refractivity contribution in [2.45, 2.75) is 0 Å². The fourth-order valence-corrected chi connectivity index (χ4v) is 0.165. The average molecular weight is 114 g/mol. The summed E-state index contributed by atoms with van der Waals surface area (Å²) in [5.41, 5.74) is 0. The van der Waals surface area contributed by atoms with E-state index in [-0.39, 0.29) is 0 Å². The predicted molar refractivity (Wildman–Crippen MR) is 33.5 cm³/mol. The lowest BCUT2D eigenvalue weighted by molar-refractivity contribution is -0.117. The van der Waals surface area contributed by atoms with Gasteiger partial charge >= 0.3 is 0 Å². The van der Waals surface area contributed by atoms with Crippen LogP contribution in [0.1, 0.15) is 0 Å². The molecule has 0 saturated carbocycles. The zero-order chi connectivity index (χ0) is 6.41. The molecule has 0 spiro atoms. The van der Waals surface area contributed by atoms with Crippen LogP contribution in [0.15, 0.2) is 17.8 Å². The van der Waals surface area contributed by atoms with Crippen LogP contribution in [-0.2, 0) is 4.94 Å². The SMILES string of the molecule is C=C/C=N/ON(C)C. The lowest BCUT2D eigenvalue weighted by Gasteiger charge is -2.01. The van der Waals surface area contributed by atoms with Gasteiger partial charge in [0.05, 0.1) is 6.21 Å².